The number of sulfonamides is 1. The third-order valence-electron chi connectivity index (χ3n) is 4.16. The highest BCUT2D eigenvalue weighted by Crippen LogP contribution is 2.29. The van der Waals surface area contributed by atoms with Crippen molar-refractivity contribution in [1.29, 1.82) is 0 Å². The van der Waals surface area contributed by atoms with Gasteiger partial charge in [0.15, 0.2) is 9.34 Å². The van der Waals surface area contributed by atoms with Gasteiger partial charge in [0.1, 0.15) is 5.82 Å². The Balaban J connectivity index is 1.73. The first-order valence-electron chi connectivity index (χ1n) is 8.53. The van der Waals surface area contributed by atoms with E-state index in [9.17, 15) is 17.6 Å². The minimum absolute atomic E-state index is 0.0679. The lowest BCUT2D eigenvalue weighted by Gasteiger charge is -2.15. The molecule has 0 unspecified atom stereocenters. The van der Waals surface area contributed by atoms with E-state index in [1.807, 2.05) is 12.1 Å². The molecule has 1 heterocycles. The third kappa shape index (κ3) is 4.61. The van der Waals surface area contributed by atoms with Crippen molar-refractivity contribution in [1.82, 2.24) is 9.71 Å². The Bertz CT molecular complexity index is 1130. The van der Waals surface area contributed by atoms with Gasteiger partial charge in [0.2, 0.25) is 0 Å². The van der Waals surface area contributed by atoms with Gasteiger partial charge in [0.05, 0.1) is 5.69 Å². The highest BCUT2D eigenvalue weighted by molar-refractivity contribution is 7.91. The molecule has 2 amide bonds. The summed E-state index contributed by atoms with van der Waals surface area (Å²) in [6.45, 7) is 1.57. The number of nitrogens with zero attached hydrogens (tertiary/aromatic N) is 2. The second-order valence-corrected chi connectivity index (χ2v) is 9.21. The van der Waals surface area contributed by atoms with Crippen LogP contribution in [0.15, 0.2) is 52.7 Å². The van der Waals surface area contributed by atoms with Crippen molar-refractivity contribution in [3.63, 3.8) is 0 Å². The summed E-state index contributed by atoms with van der Waals surface area (Å²) >= 11 is 0.912. The van der Waals surface area contributed by atoms with Crippen LogP contribution < -0.4 is 14.9 Å². The number of benzene rings is 2. The number of amides is 2. The summed E-state index contributed by atoms with van der Waals surface area (Å²) in [5.41, 5.74) is 2.62. The largest absolute Gasteiger partial charge is 0.327 e. The molecule has 7 nitrogen and oxygen atoms in total. The highest BCUT2D eigenvalue weighted by atomic mass is 32.2. The summed E-state index contributed by atoms with van der Waals surface area (Å²) < 4.78 is 39.4. The van der Waals surface area contributed by atoms with Crippen molar-refractivity contribution in [2.24, 2.45) is 0 Å². The average molecular weight is 435 g/mol. The molecule has 0 aliphatic rings. The van der Waals surface area contributed by atoms with Gasteiger partial charge < -0.3 is 5.32 Å². The molecule has 10 heteroatoms. The number of carbonyl (C=O) groups is 1. The normalized spacial score (nSPS) is 11.3. The molecule has 1 aromatic heterocycles. The first-order chi connectivity index (χ1) is 13.7. The molecule has 29 heavy (non-hydrogen) atoms. The summed E-state index contributed by atoms with van der Waals surface area (Å²) in [7, 11) is -0.806. The Morgan fingerprint density at radius 2 is 1.62 bits per heavy atom. The molecule has 0 saturated carbocycles. The van der Waals surface area contributed by atoms with Crippen LogP contribution in [-0.2, 0) is 10.0 Å². The van der Waals surface area contributed by atoms with Crippen molar-refractivity contribution >= 4 is 38.2 Å². The number of halogens is 1. The average Bonchev–Trinajstić information content (AvgIpc) is 3.11. The van der Waals surface area contributed by atoms with E-state index in [1.165, 1.54) is 31.1 Å². The van der Waals surface area contributed by atoms with E-state index in [4.69, 9.17) is 0 Å². The summed E-state index contributed by atoms with van der Waals surface area (Å²) in [5, 5.41) is 3.00. The molecule has 3 rings (SSSR count). The SMILES string of the molecule is CNS(=O)(=O)c1sc(N(C)C(=O)Nc2ccc(-c3ccc(F)cc3)cc2)nc1C. The lowest BCUT2D eigenvalue weighted by atomic mass is 10.1. The number of urea groups is 1. The predicted octanol–water partition coefficient (Wildman–Crippen LogP) is 3.83. The topological polar surface area (TPSA) is 91.4 Å². The summed E-state index contributed by atoms with van der Waals surface area (Å²) in [4.78, 5) is 18.0. The molecule has 0 fully saturated rings. The molecule has 3 aromatic rings. The molecule has 152 valence electrons. The summed E-state index contributed by atoms with van der Waals surface area (Å²) in [5.74, 6) is -0.302. The minimum Gasteiger partial charge on any atom is -0.307 e. The van der Waals surface area contributed by atoms with Gasteiger partial charge in [0, 0.05) is 12.7 Å². The summed E-state index contributed by atoms with van der Waals surface area (Å²) in [6.07, 6.45) is 0. The Hall–Kier alpha value is -2.82. The summed E-state index contributed by atoms with van der Waals surface area (Å²) in [6, 6.07) is 12.8. The molecule has 0 saturated heterocycles. The zero-order valence-corrected chi connectivity index (χ0v) is 17.6. The van der Waals surface area contributed by atoms with E-state index >= 15 is 0 Å². The first kappa shape index (κ1) is 20.9. The van der Waals surface area contributed by atoms with Gasteiger partial charge in [0.25, 0.3) is 10.0 Å². The van der Waals surface area contributed by atoms with Crippen molar-refractivity contribution < 1.29 is 17.6 Å². The number of aryl methyl sites for hydroxylation is 1. The monoisotopic (exact) mass is 434 g/mol. The smallest absolute Gasteiger partial charge is 0.307 e. The second kappa shape index (κ2) is 8.27. The van der Waals surface area contributed by atoms with E-state index in [1.54, 1.807) is 31.2 Å². The fourth-order valence-electron chi connectivity index (χ4n) is 2.54. The number of hydrogen-bond acceptors (Lipinski definition) is 5. The van der Waals surface area contributed by atoms with Gasteiger partial charge in [-0.15, -0.1) is 0 Å². The second-order valence-electron chi connectivity index (χ2n) is 6.15. The molecule has 0 bridgehead atoms. The molecule has 0 aliphatic heterocycles. The molecular formula is C19H19FN4O3S2. The van der Waals surface area contributed by atoms with E-state index in [0.29, 0.717) is 11.4 Å². The molecule has 2 N–H and O–H groups in total. The maximum atomic E-state index is 13.0. The van der Waals surface area contributed by atoms with Crippen LogP contribution >= 0.6 is 11.3 Å². The van der Waals surface area contributed by atoms with Crippen molar-refractivity contribution in [3.8, 4) is 11.1 Å². The van der Waals surface area contributed by atoms with E-state index in [2.05, 4.69) is 15.0 Å². The van der Waals surface area contributed by atoms with Crippen LogP contribution in [0.3, 0.4) is 0 Å². The lowest BCUT2D eigenvalue weighted by Crippen LogP contribution is -2.31. The quantitative estimate of drug-likeness (QED) is 0.638. The number of anilines is 2. The van der Waals surface area contributed by atoms with E-state index in [0.717, 1.165) is 22.5 Å². The predicted molar refractivity (Wildman–Crippen MR) is 112 cm³/mol. The van der Waals surface area contributed by atoms with Crippen molar-refractivity contribution in [3.05, 3.63) is 60.0 Å². The standard InChI is InChI=1S/C19H19FN4O3S2/c1-12-17(29(26,27)21-2)28-19(22-12)24(3)18(25)23-16-10-6-14(7-11-16)13-4-8-15(20)9-5-13/h4-11,21H,1-3H3,(H,23,25). The lowest BCUT2D eigenvalue weighted by molar-refractivity contribution is 0.258. The van der Waals surface area contributed by atoms with Gasteiger partial charge in [-0.25, -0.2) is 27.3 Å². The fourth-order valence-corrected chi connectivity index (χ4v) is 4.83. The van der Waals surface area contributed by atoms with Gasteiger partial charge in [-0.05, 0) is 49.4 Å². The van der Waals surface area contributed by atoms with Crippen LogP contribution in [0.1, 0.15) is 5.69 Å². The molecule has 0 aliphatic carbocycles. The Labute approximate surface area is 172 Å². The number of thiazole rings is 1. The number of nitrogens with one attached hydrogen (secondary N) is 2. The molecular weight excluding hydrogens is 415 g/mol. The van der Waals surface area contributed by atoms with Gasteiger partial charge in [-0.3, -0.25) is 4.90 Å². The Kier molecular flexibility index (Phi) is 5.96. The van der Waals surface area contributed by atoms with Crippen LogP contribution in [0, 0.1) is 12.7 Å². The van der Waals surface area contributed by atoms with Crippen LogP contribution in [0.4, 0.5) is 20.0 Å². The maximum Gasteiger partial charge on any atom is 0.327 e. The zero-order valence-electron chi connectivity index (χ0n) is 15.9. The van der Waals surface area contributed by atoms with Gasteiger partial charge >= 0.3 is 6.03 Å². The van der Waals surface area contributed by atoms with Crippen LogP contribution in [0.5, 0.6) is 0 Å². The Morgan fingerprint density at radius 1 is 1.07 bits per heavy atom. The van der Waals surface area contributed by atoms with Gasteiger partial charge in [-0.1, -0.05) is 35.6 Å². The fraction of sp³-hybridized carbons (Fsp3) is 0.158. The number of aromatic nitrogens is 1. The van der Waals surface area contributed by atoms with Crippen LogP contribution in [-0.4, -0.2) is 33.5 Å². The van der Waals surface area contributed by atoms with Crippen molar-refractivity contribution in [2.75, 3.05) is 24.3 Å². The number of rotatable bonds is 5. The first-order valence-corrected chi connectivity index (χ1v) is 10.8. The van der Waals surface area contributed by atoms with Gasteiger partial charge in [-0.2, -0.15) is 0 Å². The van der Waals surface area contributed by atoms with E-state index in [-0.39, 0.29) is 15.2 Å². The van der Waals surface area contributed by atoms with Crippen LogP contribution in [0.25, 0.3) is 11.1 Å². The number of carbonyl (C=O) groups excluding carboxylic acids is 1. The van der Waals surface area contributed by atoms with E-state index < -0.39 is 16.1 Å². The molecule has 0 atom stereocenters. The molecule has 2 aromatic carbocycles. The third-order valence-corrected chi connectivity index (χ3v) is 7.42. The zero-order chi connectivity index (χ0) is 21.2. The minimum atomic E-state index is -3.64. The Morgan fingerprint density at radius 3 is 2.17 bits per heavy atom. The number of hydrogen-bond donors (Lipinski definition) is 2. The van der Waals surface area contributed by atoms with Crippen LogP contribution in [0.2, 0.25) is 0 Å². The highest BCUT2D eigenvalue weighted by Gasteiger charge is 2.23. The molecule has 0 spiro atoms. The molecule has 0 radical (unpaired) electrons. The van der Waals surface area contributed by atoms with Crippen molar-refractivity contribution in [2.45, 2.75) is 11.1 Å². The maximum absolute atomic E-state index is 13.0.